The first-order valence-electron chi connectivity index (χ1n) is 8.84. The minimum atomic E-state index is -0.862. The summed E-state index contributed by atoms with van der Waals surface area (Å²) in [5, 5.41) is 0. The molecular formula is C21H22O5. The predicted octanol–water partition coefficient (Wildman–Crippen LogP) is 4.30. The van der Waals surface area contributed by atoms with Crippen LogP contribution in [0.2, 0.25) is 0 Å². The Hall–Kier alpha value is -2.82. The van der Waals surface area contributed by atoms with E-state index in [-0.39, 0.29) is 12.5 Å². The zero-order valence-electron chi connectivity index (χ0n) is 14.8. The molecule has 0 unspecified atom stereocenters. The number of rotatable bonds is 7. The number of hydrogen-bond donors (Lipinski definition) is 0. The van der Waals surface area contributed by atoms with Crippen LogP contribution < -0.4 is 0 Å². The van der Waals surface area contributed by atoms with Crippen LogP contribution in [0, 0.1) is 0 Å². The number of ether oxygens (including phenoxy) is 3. The van der Waals surface area contributed by atoms with E-state index >= 15 is 0 Å². The number of carbonyl (C=O) groups excluding carboxylic acids is 2. The van der Waals surface area contributed by atoms with Gasteiger partial charge in [-0.05, 0) is 28.7 Å². The van der Waals surface area contributed by atoms with Gasteiger partial charge < -0.3 is 14.2 Å². The van der Waals surface area contributed by atoms with Gasteiger partial charge in [-0.1, -0.05) is 61.9 Å². The first-order valence-corrected chi connectivity index (χ1v) is 8.84. The lowest BCUT2D eigenvalue weighted by Crippen LogP contribution is -2.19. The summed E-state index contributed by atoms with van der Waals surface area (Å²) >= 11 is 0. The van der Waals surface area contributed by atoms with Gasteiger partial charge in [0.15, 0.2) is 6.61 Å². The van der Waals surface area contributed by atoms with Crippen molar-refractivity contribution in [2.24, 2.45) is 0 Å². The Morgan fingerprint density at radius 1 is 0.885 bits per heavy atom. The van der Waals surface area contributed by atoms with E-state index in [1.165, 1.54) is 0 Å². The molecular weight excluding hydrogens is 332 g/mol. The molecule has 2 aromatic rings. The van der Waals surface area contributed by atoms with Crippen molar-refractivity contribution in [2.75, 3.05) is 19.8 Å². The standard InChI is InChI=1S/C21H22O5/c1-2-3-12-24-20(22)14-26-21(23)25-13-19-17-10-6-4-8-15(17)16-9-5-7-11-18(16)19/h4-11,19H,2-3,12-14H2,1H3. The van der Waals surface area contributed by atoms with Gasteiger partial charge in [0.25, 0.3) is 0 Å². The fourth-order valence-corrected chi connectivity index (χ4v) is 3.12. The lowest BCUT2D eigenvalue weighted by Gasteiger charge is -2.14. The minimum Gasteiger partial charge on any atom is -0.463 e. The summed E-state index contributed by atoms with van der Waals surface area (Å²) in [5.41, 5.74) is 4.56. The van der Waals surface area contributed by atoms with E-state index in [9.17, 15) is 9.59 Å². The summed E-state index contributed by atoms with van der Waals surface area (Å²) in [7, 11) is 0. The van der Waals surface area contributed by atoms with Crippen molar-refractivity contribution < 1.29 is 23.8 Å². The SMILES string of the molecule is CCCCOC(=O)COC(=O)OCC1c2ccccc2-c2ccccc21. The Morgan fingerprint density at radius 2 is 1.50 bits per heavy atom. The molecule has 0 aromatic heterocycles. The molecule has 0 aliphatic heterocycles. The Morgan fingerprint density at radius 3 is 2.12 bits per heavy atom. The topological polar surface area (TPSA) is 61.8 Å². The van der Waals surface area contributed by atoms with Crippen molar-refractivity contribution in [3.8, 4) is 11.1 Å². The maximum atomic E-state index is 11.8. The largest absolute Gasteiger partial charge is 0.508 e. The van der Waals surface area contributed by atoms with Crippen molar-refractivity contribution in [3.63, 3.8) is 0 Å². The molecule has 0 spiro atoms. The van der Waals surface area contributed by atoms with Crippen LogP contribution in [-0.4, -0.2) is 31.9 Å². The highest BCUT2D eigenvalue weighted by Crippen LogP contribution is 2.44. The van der Waals surface area contributed by atoms with Gasteiger partial charge in [0.2, 0.25) is 0 Å². The van der Waals surface area contributed by atoms with Gasteiger partial charge in [-0.25, -0.2) is 9.59 Å². The van der Waals surface area contributed by atoms with Gasteiger partial charge >= 0.3 is 12.1 Å². The molecule has 0 N–H and O–H groups in total. The van der Waals surface area contributed by atoms with E-state index in [1.54, 1.807) is 0 Å². The molecule has 1 aliphatic rings. The second-order valence-electron chi connectivity index (χ2n) is 6.15. The molecule has 2 aromatic carbocycles. The summed E-state index contributed by atoms with van der Waals surface area (Å²) in [4.78, 5) is 23.3. The number of esters is 1. The minimum absolute atomic E-state index is 0.0357. The molecule has 0 radical (unpaired) electrons. The van der Waals surface area contributed by atoms with E-state index in [1.807, 2.05) is 43.3 Å². The Kier molecular flexibility index (Phi) is 5.89. The number of fused-ring (bicyclic) bond motifs is 3. The van der Waals surface area contributed by atoms with Crippen molar-refractivity contribution in [3.05, 3.63) is 59.7 Å². The second-order valence-corrected chi connectivity index (χ2v) is 6.15. The fourth-order valence-electron chi connectivity index (χ4n) is 3.12. The van der Waals surface area contributed by atoms with Gasteiger partial charge in [0, 0.05) is 5.92 Å². The van der Waals surface area contributed by atoms with Crippen molar-refractivity contribution in [2.45, 2.75) is 25.7 Å². The monoisotopic (exact) mass is 354 g/mol. The van der Waals surface area contributed by atoms with Gasteiger partial charge in [-0.3, -0.25) is 0 Å². The summed E-state index contributed by atoms with van der Waals surface area (Å²) in [5.74, 6) is -0.599. The van der Waals surface area contributed by atoms with E-state index in [2.05, 4.69) is 12.1 Å². The molecule has 0 bridgehead atoms. The van der Waals surface area contributed by atoms with Crippen LogP contribution in [0.15, 0.2) is 48.5 Å². The molecule has 3 rings (SSSR count). The normalized spacial score (nSPS) is 12.2. The van der Waals surface area contributed by atoms with Crippen LogP contribution in [0.5, 0.6) is 0 Å². The lowest BCUT2D eigenvalue weighted by atomic mass is 9.98. The molecule has 136 valence electrons. The Bertz CT molecular complexity index is 738. The molecule has 5 heteroatoms. The number of carbonyl (C=O) groups is 2. The van der Waals surface area contributed by atoms with Crippen LogP contribution in [0.1, 0.15) is 36.8 Å². The fraction of sp³-hybridized carbons (Fsp3) is 0.333. The highest BCUT2D eigenvalue weighted by atomic mass is 16.7. The average Bonchev–Trinajstić information content (AvgIpc) is 2.99. The third kappa shape index (κ3) is 4.04. The second kappa shape index (κ2) is 8.52. The maximum Gasteiger partial charge on any atom is 0.508 e. The molecule has 0 saturated heterocycles. The summed E-state index contributed by atoms with van der Waals surface area (Å²) in [6, 6.07) is 16.2. The third-order valence-corrected chi connectivity index (χ3v) is 4.40. The molecule has 0 atom stereocenters. The van der Waals surface area contributed by atoms with Crippen LogP contribution in [0.3, 0.4) is 0 Å². The van der Waals surface area contributed by atoms with E-state index in [0.717, 1.165) is 35.1 Å². The molecule has 0 saturated carbocycles. The van der Waals surface area contributed by atoms with Gasteiger partial charge in [0.05, 0.1) is 6.61 Å². The molecule has 1 aliphatic carbocycles. The number of unbranched alkanes of at least 4 members (excludes halogenated alkanes) is 1. The highest BCUT2D eigenvalue weighted by Gasteiger charge is 2.29. The number of benzene rings is 2. The molecule has 0 fully saturated rings. The van der Waals surface area contributed by atoms with E-state index < -0.39 is 18.7 Å². The van der Waals surface area contributed by atoms with E-state index in [4.69, 9.17) is 14.2 Å². The Balaban J connectivity index is 1.55. The summed E-state index contributed by atoms with van der Waals surface area (Å²) < 4.78 is 15.0. The van der Waals surface area contributed by atoms with Gasteiger partial charge in [0.1, 0.15) is 6.61 Å². The van der Waals surface area contributed by atoms with E-state index in [0.29, 0.717) is 6.61 Å². The summed E-state index contributed by atoms with van der Waals surface area (Å²) in [6.07, 6.45) is 0.858. The highest BCUT2D eigenvalue weighted by molar-refractivity contribution is 5.79. The Labute approximate surface area is 152 Å². The van der Waals surface area contributed by atoms with Crippen LogP contribution in [-0.2, 0) is 19.0 Å². The molecule has 5 nitrogen and oxygen atoms in total. The zero-order chi connectivity index (χ0) is 18.4. The third-order valence-electron chi connectivity index (χ3n) is 4.40. The van der Waals surface area contributed by atoms with Crippen molar-refractivity contribution in [1.82, 2.24) is 0 Å². The predicted molar refractivity (Wildman–Crippen MR) is 96.9 cm³/mol. The van der Waals surface area contributed by atoms with Crippen molar-refractivity contribution >= 4 is 12.1 Å². The van der Waals surface area contributed by atoms with Crippen LogP contribution in [0.25, 0.3) is 11.1 Å². The zero-order valence-corrected chi connectivity index (χ0v) is 14.8. The molecule has 0 amide bonds. The first kappa shape index (κ1) is 18.0. The smallest absolute Gasteiger partial charge is 0.463 e. The van der Waals surface area contributed by atoms with Gasteiger partial charge in [-0.15, -0.1) is 0 Å². The maximum absolute atomic E-state index is 11.8. The quantitative estimate of drug-likeness (QED) is 0.548. The molecule has 0 heterocycles. The average molecular weight is 354 g/mol. The van der Waals surface area contributed by atoms with Gasteiger partial charge in [-0.2, -0.15) is 0 Å². The van der Waals surface area contributed by atoms with Crippen LogP contribution >= 0.6 is 0 Å². The summed E-state index contributed by atoms with van der Waals surface area (Å²) in [6.45, 7) is 2.07. The molecule has 26 heavy (non-hydrogen) atoms. The van der Waals surface area contributed by atoms with Crippen LogP contribution in [0.4, 0.5) is 4.79 Å². The first-order chi connectivity index (χ1) is 12.7. The van der Waals surface area contributed by atoms with Crippen molar-refractivity contribution in [1.29, 1.82) is 0 Å². The lowest BCUT2D eigenvalue weighted by molar-refractivity contribution is -0.147. The number of hydrogen-bond acceptors (Lipinski definition) is 5.